The van der Waals surface area contributed by atoms with Crippen LogP contribution in [0.15, 0.2) is 41.4 Å². The maximum atomic E-state index is 11.7. The first kappa shape index (κ1) is 19.1. The number of carboxylic acids is 1. The van der Waals surface area contributed by atoms with Gasteiger partial charge in [0.1, 0.15) is 11.3 Å². The van der Waals surface area contributed by atoms with Gasteiger partial charge in [0, 0.05) is 23.7 Å². The number of aryl methyl sites for hydroxylation is 2. The molecule has 0 saturated carbocycles. The van der Waals surface area contributed by atoms with Gasteiger partial charge in [-0.25, -0.2) is 4.79 Å². The second-order valence-electron chi connectivity index (χ2n) is 5.74. The normalized spacial score (nSPS) is 12.5. The molecule has 2 rings (SSSR count). The number of carboxylic acid groups (broad SMARTS) is 1. The van der Waals surface area contributed by atoms with Gasteiger partial charge in [0.25, 0.3) is 0 Å². The second-order valence-corrected chi connectivity index (χ2v) is 5.74. The summed E-state index contributed by atoms with van der Waals surface area (Å²) in [5.41, 5.74) is 3.43. The van der Waals surface area contributed by atoms with E-state index < -0.39 is 5.97 Å². The van der Waals surface area contributed by atoms with E-state index in [-0.39, 0.29) is 17.8 Å². The first-order valence-corrected chi connectivity index (χ1v) is 7.97. The highest BCUT2D eigenvalue weighted by Crippen LogP contribution is 2.25. The molecule has 0 radical (unpaired) electrons. The highest BCUT2D eigenvalue weighted by Gasteiger charge is 2.21. The third kappa shape index (κ3) is 4.05. The van der Waals surface area contributed by atoms with Gasteiger partial charge in [-0.15, -0.1) is 0 Å². The highest BCUT2D eigenvalue weighted by atomic mass is 16.5. The van der Waals surface area contributed by atoms with Crippen LogP contribution in [0.1, 0.15) is 35.1 Å². The Morgan fingerprint density at radius 2 is 1.85 bits per heavy atom. The molecule has 26 heavy (non-hydrogen) atoms. The van der Waals surface area contributed by atoms with Crippen molar-refractivity contribution in [3.8, 4) is 0 Å². The molecule has 1 heterocycles. The number of ether oxygens (including phenoxy) is 1. The van der Waals surface area contributed by atoms with E-state index in [2.05, 4.69) is 15.1 Å². The lowest BCUT2D eigenvalue weighted by Crippen LogP contribution is -2.13. The first-order valence-electron chi connectivity index (χ1n) is 7.97. The number of benzene rings is 1. The van der Waals surface area contributed by atoms with Crippen LogP contribution in [0.5, 0.6) is 0 Å². The van der Waals surface area contributed by atoms with Gasteiger partial charge in [-0.05, 0) is 20.8 Å². The Kier molecular flexibility index (Phi) is 6.06. The molecule has 0 atom stereocenters. The van der Waals surface area contributed by atoms with Crippen molar-refractivity contribution in [1.82, 2.24) is 9.97 Å². The highest BCUT2D eigenvalue weighted by molar-refractivity contribution is 6.19. The van der Waals surface area contributed by atoms with Crippen LogP contribution in [0.3, 0.4) is 0 Å². The lowest BCUT2D eigenvalue weighted by Gasteiger charge is -2.14. The number of methoxy groups -OCH3 is 1. The largest absolute Gasteiger partial charge is 0.500 e. The lowest BCUT2D eigenvalue weighted by atomic mass is 9.94. The minimum atomic E-state index is -1.12. The van der Waals surface area contributed by atoms with Crippen LogP contribution in [-0.2, 0) is 16.0 Å². The Morgan fingerprint density at radius 3 is 2.38 bits per heavy atom. The monoisotopic (exact) mass is 355 g/mol. The third-order valence-electron chi connectivity index (χ3n) is 4.09. The molecule has 7 nitrogen and oxygen atoms in total. The molecule has 0 amide bonds. The van der Waals surface area contributed by atoms with E-state index in [1.807, 2.05) is 13.8 Å². The fourth-order valence-electron chi connectivity index (χ4n) is 2.54. The second kappa shape index (κ2) is 8.24. The molecule has 1 aromatic carbocycles. The van der Waals surface area contributed by atoms with Gasteiger partial charge in [-0.3, -0.25) is 9.97 Å². The minimum absolute atomic E-state index is 0.00965. The van der Waals surface area contributed by atoms with E-state index in [0.717, 1.165) is 11.4 Å². The smallest absolute Gasteiger partial charge is 0.339 e. The number of hydrogen-bond donors (Lipinski definition) is 2. The molecule has 1 aromatic heterocycles. The number of aliphatic carboxylic acids is 1. The Bertz CT molecular complexity index is 888. The number of aromatic nitrogens is 2. The fraction of sp³-hybridized carbons (Fsp3) is 0.263. The Labute approximate surface area is 151 Å². The summed E-state index contributed by atoms with van der Waals surface area (Å²) in [5, 5.41) is 22.5. The van der Waals surface area contributed by atoms with E-state index in [9.17, 15) is 15.1 Å². The maximum absolute atomic E-state index is 11.7. The summed E-state index contributed by atoms with van der Waals surface area (Å²) in [7, 11) is 1.41. The van der Waals surface area contributed by atoms with Gasteiger partial charge in [0.05, 0.1) is 29.9 Å². The standard InChI is InChI=1S/C19H21N3O4/c1-11-12(2)21-14(10-20-11)9-17(22-25)15-7-5-6-8-16(15)18(19(23)24)13(3)26-4/h5-8,10,25H,9H2,1-4H3,(H,23,24). The quantitative estimate of drug-likeness (QED) is 0.271. The number of carbonyl (C=O) groups is 1. The maximum Gasteiger partial charge on any atom is 0.339 e. The van der Waals surface area contributed by atoms with Gasteiger partial charge >= 0.3 is 5.97 Å². The Hall–Kier alpha value is -3.22. The minimum Gasteiger partial charge on any atom is -0.500 e. The first-order chi connectivity index (χ1) is 12.4. The molecule has 0 aliphatic heterocycles. The van der Waals surface area contributed by atoms with Crippen molar-refractivity contribution in [3.05, 3.63) is 64.4 Å². The van der Waals surface area contributed by atoms with Crippen LogP contribution in [0.4, 0.5) is 0 Å². The number of allylic oxidation sites excluding steroid dienone is 1. The van der Waals surface area contributed by atoms with Crippen LogP contribution in [-0.4, -0.2) is 39.1 Å². The SMILES string of the molecule is COC(C)=C(C(=O)O)c1ccccc1C(Cc1cnc(C)c(C)n1)=NO. The van der Waals surface area contributed by atoms with E-state index >= 15 is 0 Å². The molecule has 0 aliphatic carbocycles. The van der Waals surface area contributed by atoms with Gasteiger partial charge in [0.2, 0.25) is 0 Å². The van der Waals surface area contributed by atoms with Crippen molar-refractivity contribution in [2.45, 2.75) is 27.2 Å². The van der Waals surface area contributed by atoms with Gasteiger partial charge < -0.3 is 15.1 Å². The summed E-state index contributed by atoms with van der Waals surface area (Å²) in [6.45, 7) is 5.29. The van der Waals surface area contributed by atoms with Gasteiger partial charge in [-0.1, -0.05) is 29.4 Å². The summed E-state index contributed by atoms with van der Waals surface area (Å²) in [6.07, 6.45) is 1.82. The van der Waals surface area contributed by atoms with Crippen molar-refractivity contribution in [2.75, 3.05) is 7.11 Å². The van der Waals surface area contributed by atoms with Crippen LogP contribution in [0.2, 0.25) is 0 Å². The molecule has 2 N–H and O–H groups in total. The number of hydrogen-bond acceptors (Lipinski definition) is 6. The molecular formula is C19H21N3O4. The van der Waals surface area contributed by atoms with Crippen LogP contribution >= 0.6 is 0 Å². The molecule has 2 aromatic rings. The zero-order valence-corrected chi connectivity index (χ0v) is 15.1. The Morgan fingerprint density at radius 1 is 1.19 bits per heavy atom. The summed E-state index contributed by atoms with van der Waals surface area (Å²) < 4.78 is 5.12. The van der Waals surface area contributed by atoms with E-state index in [1.54, 1.807) is 37.4 Å². The molecule has 7 heteroatoms. The van der Waals surface area contributed by atoms with Crippen molar-refractivity contribution in [3.63, 3.8) is 0 Å². The summed E-state index contributed by atoms with van der Waals surface area (Å²) in [5.74, 6) is -0.867. The molecule has 136 valence electrons. The molecule has 0 bridgehead atoms. The van der Waals surface area contributed by atoms with E-state index in [1.165, 1.54) is 7.11 Å². The number of rotatable bonds is 6. The van der Waals surface area contributed by atoms with Crippen molar-refractivity contribution in [1.29, 1.82) is 0 Å². The van der Waals surface area contributed by atoms with Crippen molar-refractivity contribution in [2.24, 2.45) is 5.16 Å². The summed E-state index contributed by atoms with van der Waals surface area (Å²) >= 11 is 0. The average molecular weight is 355 g/mol. The summed E-state index contributed by atoms with van der Waals surface area (Å²) in [6, 6.07) is 6.82. The van der Waals surface area contributed by atoms with Crippen molar-refractivity contribution < 1.29 is 19.8 Å². The van der Waals surface area contributed by atoms with Crippen LogP contribution in [0.25, 0.3) is 5.57 Å². The predicted molar refractivity (Wildman–Crippen MR) is 97.2 cm³/mol. The molecule has 0 aliphatic rings. The van der Waals surface area contributed by atoms with Gasteiger partial charge in [-0.2, -0.15) is 0 Å². The molecule has 0 saturated heterocycles. The predicted octanol–water partition coefficient (Wildman–Crippen LogP) is 2.98. The topological polar surface area (TPSA) is 105 Å². The van der Waals surface area contributed by atoms with Gasteiger partial charge in [0.15, 0.2) is 0 Å². The Balaban J connectivity index is 2.53. The average Bonchev–Trinajstić information content (AvgIpc) is 2.63. The molecule has 0 fully saturated rings. The molecule has 0 unspecified atom stereocenters. The summed E-state index contributed by atoms with van der Waals surface area (Å²) in [4.78, 5) is 20.4. The lowest BCUT2D eigenvalue weighted by molar-refractivity contribution is -0.130. The zero-order valence-electron chi connectivity index (χ0n) is 15.1. The molecule has 0 spiro atoms. The third-order valence-corrected chi connectivity index (χ3v) is 4.09. The van der Waals surface area contributed by atoms with Crippen LogP contribution in [0, 0.1) is 13.8 Å². The van der Waals surface area contributed by atoms with Crippen LogP contribution < -0.4 is 0 Å². The number of oxime groups is 1. The number of nitrogens with zero attached hydrogens (tertiary/aromatic N) is 3. The fourth-order valence-corrected chi connectivity index (χ4v) is 2.54. The molecular weight excluding hydrogens is 334 g/mol. The van der Waals surface area contributed by atoms with E-state index in [4.69, 9.17) is 4.74 Å². The van der Waals surface area contributed by atoms with E-state index in [0.29, 0.717) is 22.5 Å². The zero-order chi connectivity index (χ0) is 19.3. The van der Waals surface area contributed by atoms with Crippen molar-refractivity contribution >= 4 is 17.3 Å².